The minimum Gasteiger partial charge on any atom is -0.496 e. The number of piperidine rings is 1. The molecular weight excluding hydrogens is 444 g/mol. The van der Waals surface area contributed by atoms with E-state index in [1.807, 2.05) is 34.6 Å². The molecule has 2 aromatic rings. The number of carbonyl (C=O) groups excluding carboxylic acids is 2. The van der Waals surface area contributed by atoms with Crippen LogP contribution in [0.4, 0.5) is 0 Å². The lowest BCUT2D eigenvalue weighted by atomic mass is 9.89. The first-order valence-electron chi connectivity index (χ1n) is 8.92. The number of halogens is 1. The van der Waals surface area contributed by atoms with Gasteiger partial charge in [-0.3, -0.25) is 14.9 Å². The molecule has 0 spiro atoms. The van der Waals surface area contributed by atoms with E-state index in [-0.39, 0.29) is 17.7 Å². The highest BCUT2D eigenvalue weighted by Crippen LogP contribution is 2.33. The van der Waals surface area contributed by atoms with E-state index >= 15 is 0 Å². The Labute approximate surface area is 174 Å². The SMILES string of the molecule is COc1cc(S(=O)N2Cc3ccc(C4CCC(=O)NC4=O)cc3C2)ccc1Br. The molecule has 2 aliphatic heterocycles. The number of hydrogen-bond donors (Lipinski definition) is 1. The third kappa shape index (κ3) is 3.64. The molecule has 1 fully saturated rings. The lowest BCUT2D eigenvalue weighted by Gasteiger charge is -2.21. The molecule has 0 saturated carbocycles. The maximum atomic E-state index is 13.0. The lowest BCUT2D eigenvalue weighted by molar-refractivity contribution is -0.134. The zero-order valence-electron chi connectivity index (χ0n) is 15.2. The van der Waals surface area contributed by atoms with Crippen LogP contribution in [-0.2, 0) is 33.7 Å². The van der Waals surface area contributed by atoms with Gasteiger partial charge in [-0.2, -0.15) is 0 Å². The van der Waals surface area contributed by atoms with E-state index in [4.69, 9.17) is 4.74 Å². The first-order valence-corrected chi connectivity index (χ1v) is 10.8. The number of benzene rings is 2. The number of amides is 2. The molecule has 2 aromatic carbocycles. The summed E-state index contributed by atoms with van der Waals surface area (Å²) in [6.45, 7) is 1.12. The fourth-order valence-electron chi connectivity index (χ4n) is 3.63. The normalized spacial score (nSPS) is 20.6. The van der Waals surface area contributed by atoms with E-state index in [2.05, 4.69) is 21.2 Å². The first kappa shape index (κ1) is 19.3. The number of methoxy groups -OCH3 is 1. The van der Waals surface area contributed by atoms with Gasteiger partial charge in [0.05, 0.1) is 22.4 Å². The molecular formula is C20H19BrN2O4S. The average Bonchev–Trinajstić information content (AvgIpc) is 3.11. The second-order valence-electron chi connectivity index (χ2n) is 6.88. The van der Waals surface area contributed by atoms with Crippen LogP contribution in [0.2, 0.25) is 0 Å². The van der Waals surface area contributed by atoms with E-state index in [9.17, 15) is 13.8 Å². The van der Waals surface area contributed by atoms with Crippen LogP contribution in [0.3, 0.4) is 0 Å². The van der Waals surface area contributed by atoms with Gasteiger partial charge in [0, 0.05) is 19.5 Å². The summed E-state index contributed by atoms with van der Waals surface area (Å²) >= 11 is 3.41. The molecule has 28 heavy (non-hydrogen) atoms. The second-order valence-corrected chi connectivity index (χ2v) is 9.22. The monoisotopic (exact) mass is 462 g/mol. The Morgan fingerprint density at radius 1 is 1.14 bits per heavy atom. The molecule has 4 rings (SSSR count). The fraction of sp³-hybridized carbons (Fsp3) is 0.300. The van der Waals surface area contributed by atoms with Crippen molar-refractivity contribution in [2.75, 3.05) is 7.11 Å². The van der Waals surface area contributed by atoms with E-state index in [1.54, 1.807) is 13.2 Å². The van der Waals surface area contributed by atoms with Crippen LogP contribution in [0, 0.1) is 0 Å². The predicted molar refractivity (Wildman–Crippen MR) is 108 cm³/mol. The molecule has 1 N–H and O–H groups in total. The molecule has 2 unspecified atom stereocenters. The first-order chi connectivity index (χ1) is 13.5. The zero-order valence-corrected chi connectivity index (χ0v) is 17.6. The molecule has 146 valence electrons. The Morgan fingerprint density at radius 2 is 1.93 bits per heavy atom. The maximum Gasteiger partial charge on any atom is 0.234 e. The molecule has 0 bridgehead atoms. The van der Waals surface area contributed by atoms with Crippen molar-refractivity contribution in [3.63, 3.8) is 0 Å². The molecule has 8 heteroatoms. The van der Waals surface area contributed by atoms with Crippen LogP contribution < -0.4 is 10.1 Å². The van der Waals surface area contributed by atoms with Crippen LogP contribution in [-0.4, -0.2) is 27.4 Å². The minimum absolute atomic E-state index is 0.214. The number of rotatable bonds is 4. The highest BCUT2D eigenvalue weighted by atomic mass is 79.9. The number of fused-ring (bicyclic) bond motifs is 1. The van der Waals surface area contributed by atoms with E-state index in [1.165, 1.54) is 0 Å². The van der Waals surface area contributed by atoms with Crippen LogP contribution in [0.5, 0.6) is 5.75 Å². The van der Waals surface area contributed by atoms with Crippen molar-refractivity contribution in [1.29, 1.82) is 0 Å². The summed E-state index contributed by atoms with van der Waals surface area (Å²) in [5.74, 6) is -0.119. The predicted octanol–water partition coefficient (Wildman–Crippen LogP) is 3.02. The number of nitrogens with zero attached hydrogens (tertiary/aromatic N) is 1. The van der Waals surface area contributed by atoms with Crippen molar-refractivity contribution in [2.45, 2.75) is 36.7 Å². The van der Waals surface area contributed by atoms with Gasteiger partial charge in [0.2, 0.25) is 11.8 Å². The topological polar surface area (TPSA) is 75.7 Å². The second kappa shape index (κ2) is 7.77. The number of hydrogen-bond acceptors (Lipinski definition) is 4. The molecule has 0 aromatic heterocycles. The average molecular weight is 463 g/mol. The zero-order chi connectivity index (χ0) is 19.8. The van der Waals surface area contributed by atoms with Gasteiger partial charge >= 0.3 is 0 Å². The standard InChI is InChI=1S/C20H19BrN2O4S/c1-27-18-9-15(4-6-17(18)21)28(26)23-10-13-3-2-12(8-14(13)11-23)16-5-7-19(24)22-20(16)25/h2-4,6,8-9,16H,5,7,10-11H2,1H3,(H,22,24,25). The van der Waals surface area contributed by atoms with E-state index in [0.717, 1.165) is 21.2 Å². The quantitative estimate of drug-likeness (QED) is 0.708. The molecule has 6 nitrogen and oxygen atoms in total. The molecule has 0 radical (unpaired) electrons. The summed E-state index contributed by atoms with van der Waals surface area (Å²) in [6, 6.07) is 11.4. The third-order valence-corrected chi connectivity index (χ3v) is 7.16. The summed E-state index contributed by atoms with van der Waals surface area (Å²) < 4.78 is 21.0. The van der Waals surface area contributed by atoms with Crippen molar-refractivity contribution >= 4 is 38.7 Å². The number of imide groups is 1. The number of nitrogens with one attached hydrogen (secondary N) is 1. The summed E-state index contributed by atoms with van der Waals surface area (Å²) in [7, 11) is 0.259. The molecule has 1 saturated heterocycles. The van der Waals surface area contributed by atoms with Crippen molar-refractivity contribution in [3.8, 4) is 5.75 Å². The van der Waals surface area contributed by atoms with Gasteiger partial charge in [-0.1, -0.05) is 18.2 Å². The summed E-state index contributed by atoms with van der Waals surface area (Å²) in [5, 5.41) is 2.41. The summed E-state index contributed by atoms with van der Waals surface area (Å²) in [6.07, 6.45) is 0.882. The Balaban J connectivity index is 1.53. The minimum atomic E-state index is -1.32. The Bertz CT molecular complexity index is 994. The Hall–Kier alpha value is -2.03. The number of carbonyl (C=O) groups is 2. The van der Waals surface area contributed by atoms with Crippen molar-refractivity contribution in [1.82, 2.24) is 9.62 Å². The van der Waals surface area contributed by atoms with Gasteiger partial charge in [0.15, 0.2) is 0 Å². The van der Waals surface area contributed by atoms with Crippen LogP contribution in [0.25, 0.3) is 0 Å². The van der Waals surface area contributed by atoms with Crippen molar-refractivity contribution < 1.29 is 18.5 Å². The van der Waals surface area contributed by atoms with E-state index in [0.29, 0.717) is 36.6 Å². The van der Waals surface area contributed by atoms with Gasteiger partial charge < -0.3 is 4.74 Å². The Morgan fingerprint density at radius 3 is 2.68 bits per heavy atom. The van der Waals surface area contributed by atoms with Crippen LogP contribution in [0.1, 0.15) is 35.4 Å². The Kier molecular flexibility index (Phi) is 5.35. The lowest BCUT2D eigenvalue weighted by Crippen LogP contribution is -2.39. The molecule has 2 heterocycles. The number of ether oxygens (including phenoxy) is 1. The van der Waals surface area contributed by atoms with Gasteiger partial charge in [0.1, 0.15) is 16.7 Å². The molecule has 2 aliphatic rings. The van der Waals surface area contributed by atoms with Crippen molar-refractivity contribution in [3.05, 3.63) is 57.6 Å². The van der Waals surface area contributed by atoms with Crippen LogP contribution >= 0.6 is 15.9 Å². The maximum absolute atomic E-state index is 13.0. The van der Waals surface area contributed by atoms with Crippen LogP contribution in [0.15, 0.2) is 45.8 Å². The molecule has 0 aliphatic carbocycles. The highest BCUT2D eigenvalue weighted by Gasteiger charge is 2.30. The highest BCUT2D eigenvalue weighted by molar-refractivity contribution is 9.10. The largest absolute Gasteiger partial charge is 0.496 e. The van der Waals surface area contributed by atoms with E-state index < -0.39 is 11.0 Å². The molecule has 2 amide bonds. The van der Waals surface area contributed by atoms with Gasteiger partial charge in [-0.05, 0) is 57.2 Å². The smallest absolute Gasteiger partial charge is 0.234 e. The molecule has 2 atom stereocenters. The van der Waals surface area contributed by atoms with Gasteiger partial charge in [-0.25, -0.2) is 8.51 Å². The fourth-order valence-corrected chi connectivity index (χ4v) is 5.24. The van der Waals surface area contributed by atoms with Gasteiger partial charge in [0.25, 0.3) is 0 Å². The summed E-state index contributed by atoms with van der Waals surface area (Å²) in [4.78, 5) is 24.2. The van der Waals surface area contributed by atoms with Crippen molar-refractivity contribution in [2.24, 2.45) is 0 Å². The van der Waals surface area contributed by atoms with Gasteiger partial charge in [-0.15, -0.1) is 0 Å². The summed E-state index contributed by atoms with van der Waals surface area (Å²) in [5.41, 5.74) is 3.08. The third-order valence-electron chi connectivity index (χ3n) is 5.12.